The van der Waals surface area contributed by atoms with E-state index in [0.29, 0.717) is 28.8 Å². The second kappa shape index (κ2) is 8.85. The molecule has 2 aromatic carbocycles. The van der Waals surface area contributed by atoms with Crippen molar-refractivity contribution in [1.29, 1.82) is 0 Å². The van der Waals surface area contributed by atoms with Crippen molar-refractivity contribution in [2.24, 2.45) is 0 Å². The standard InChI is InChI=1S/C23H26N2O5/c1-15-20(29-16(2)22(26)24-9-10-25-11-13-28-14-12-25)8-7-18-17-5-3-4-6-19(17)23(27)30-21(15)18/h3-8,16H,9-14H2,1-2H3,(H,24,26)/t16-/m0/s1. The number of hydrogen-bond acceptors (Lipinski definition) is 6. The molecule has 1 N–H and O–H groups in total. The summed E-state index contributed by atoms with van der Waals surface area (Å²) in [6.45, 7) is 8.14. The molecule has 7 heteroatoms. The van der Waals surface area contributed by atoms with Crippen molar-refractivity contribution in [3.63, 3.8) is 0 Å². The number of carbonyl (C=O) groups excluding carboxylic acids is 1. The Morgan fingerprint density at radius 2 is 1.87 bits per heavy atom. The average Bonchev–Trinajstić information content (AvgIpc) is 2.77. The first-order valence-corrected chi connectivity index (χ1v) is 10.2. The number of amides is 1. The van der Waals surface area contributed by atoms with Gasteiger partial charge in [-0.3, -0.25) is 9.69 Å². The summed E-state index contributed by atoms with van der Waals surface area (Å²) in [4.78, 5) is 27.1. The van der Waals surface area contributed by atoms with Crippen molar-refractivity contribution < 1.29 is 18.7 Å². The van der Waals surface area contributed by atoms with Crippen LogP contribution in [0.1, 0.15) is 12.5 Å². The van der Waals surface area contributed by atoms with Gasteiger partial charge in [0.15, 0.2) is 6.10 Å². The van der Waals surface area contributed by atoms with E-state index in [1.165, 1.54) is 0 Å². The Hall–Kier alpha value is -2.90. The lowest BCUT2D eigenvalue weighted by molar-refractivity contribution is -0.127. The van der Waals surface area contributed by atoms with Crippen LogP contribution in [0.25, 0.3) is 21.7 Å². The number of nitrogens with zero attached hydrogens (tertiary/aromatic N) is 1. The van der Waals surface area contributed by atoms with Crippen LogP contribution in [0.4, 0.5) is 0 Å². The minimum atomic E-state index is -0.669. The van der Waals surface area contributed by atoms with Crippen LogP contribution in [0, 0.1) is 6.92 Å². The van der Waals surface area contributed by atoms with Gasteiger partial charge in [0.1, 0.15) is 11.3 Å². The van der Waals surface area contributed by atoms with Crippen LogP contribution in [0.15, 0.2) is 45.6 Å². The van der Waals surface area contributed by atoms with E-state index in [1.807, 2.05) is 37.3 Å². The average molecular weight is 410 g/mol. The van der Waals surface area contributed by atoms with Gasteiger partial charge in [0, 0.05) is 37.1 Å². The summed E-state index contributed by atoms with van der Waals surface area (Å²) in [6, 6.07) is 11.1. The highest BCUT2D eigenvalue weighted by Gasteiger charge is 2.18. The van der Waals surface area contributed by atoms with Crippen molar-refractivity contribution in [3.05, 3.63) is 52.4 Å². The molecule has 0 bridgehead atoms. The van der Waals surface area contributed by atoms with Gasteiger partial charge in [-0.25, -0.2) is 4.79 Å². The number of carbonyl (C=O) groups is 1. The smallest absolute Gasteiger partial charge is 0.344 e. The van der Waals surface area contributed by atoms with Gasteiger partial charge in [0.2, 0.25) is 0 Å². The van der Waals surface area contributed by atoms with Crippen molar-refractivity contribution in [1.82, 2.24) is 10.2 Å². The van der Waals surface area contributed by atoms with E-state index in [9.17, 15) is 9.59 Å². The van der Waals surface area contributed by atoms with Crippen LogP contribution in [0.2, 0.25) is 0 Å². The number of rotatable bonds is 6. The highest BCUT2D eigenvalue weighted by molar-refractivity contribution is 6.05. The number of aryl methyl sites for hydroxylation is 1. The summed E-state index contributed by atoms with van der Waals surface area (Å²) in [6.07, 6.45) is -0.669. The van der Waals surface area contributed by atoms with Gasteiger partial charge in [0.05, 0.1) is 18.6 Å². The molecule has 1 fully saturated rings. The molecule has 3 aromatic rings. The third-order valence-corrected chi connectivity index (χ3v) is 5.49. The first-order chi connectivity index (χ1) is 14.5. The van der Waals surface area contributed by atoms with Crippen molar-refractivity contribution in [3.8, 4) is 5.75 Å². The molecule has 2 heterocycles. The van der Waals surface area contributed by atoms with Gasteiger partial charge in [0.25, 0.3) is 5.91 Å². The Labute approximate surface area is 174 Å². The molecule has 0 spiro atoms. The lowest BCUT2D eigenvalue weighted by Crippen LogP contribution is -2.43. The van der Waals surface area contributed by atoms with Gasteiger partial charge in [-0.2, -0.15) is 0 Å². The second-order valence-corrected chi connectivity index (χ2v) is 7.51. The predicted octanol–water partition coefficient (Wildman–Crippen LogP) is 2.47. The van der Waals surface area contributed by atoms with Crippen molar-refractivity contribution in [2.45, 2.75) is 20.0 Å². The maximum Gasteiger partial charge on any atom is 0.344 e. The zero-order valence-corrected chi connectivity index (χ0v) is 17.3. The second-order valence-electron chi connectivity index (χ2n) is 7.51. The highest BCUT2D eigenvalue weighted by atomic mass is 16.5. The SMILES string of the molecule is Cc1c(O[C@@H](C)C(=O)NCCN2CCOCC2)ccc2c1oc(=O)c1ccccc12. The fraction of sp³-hybridized carbons (Fsp3) is 0.391. The van der Waals surface area contributed by atoms with E-state index in [0.717, 1.165) is 43.6 Å². The van der Waals surface area contributed by atoms with Crippen LogP contribution in [-0.2, 0) is 9.53 Å². The molecule has 1 atom stereocenters. The van der Waals surface area contributed by atoms with Crippen LogP contribution >= 0.6 is 0 Å². The summed E-state index contributed by atoms with van der Waals surface area (Å²) in [7, 11) is 0. The van der Waals surface area contributed by atoms with Crippen LogP contribution in [-0.4, -0.2) is 56.3 Å². The van der Waals surface area contributed by atoms with E-state index in [-0.39, 0.29) is 11.5 Å². The molecule has 0 unspecified atom stereocenters. The number of morpholine rings is 1. The third-order valence-electron chi connectivity index (χ3n) is 5.49. The third kappa shape index (κ3) is 4.17. The Morgan fingerprint density at radius 3 is 2.63 bits per heavy atom. The van der Waals surface area contributed by atoms with Crippen LogP contribution in [0.3, 0.4) is 0 Å². The molecule has 1 amide bonds. The maximum absolute atomic E-state index is 12.4. The van der Waals surface area contributed by atoms with E-state index in [4.69, 9.17) is 13.9 Å². The summed E-state index contributed by atoms with van der Waals surface area (Å²) in [5.74, 6) is 0.347. The lowest BCUT2D eigenvalue weighted by atomic mass is 10.0. The molecule has 158 valence electrons. The summed E-state index contributed by atoms with van der Waals surface area (Å²) in [5, 5.41) is 5.15. The maximum atomic E-state index is 12.4. The molecular formula is C23H26N2O5. The molecule has 0 radical (unpaired) electrons. The number of fused-ring (bicyclic) bond motifs is 3. The Bertz CT molecular complexity index is 1120. The molecule has 1 aliphatic rings. The van der Waals surface area contributed by atoms with E-state index in [1.54, 1.807) is 13.0 Å². The quantitative estimate of drug-likeness (QED) is 0.497. The molecule has 7 nitrogen and oxygen atoms in total. The lowest BCUT2D eigenvalue weighted by Gasteiger charge is -2.26. The molecule has 30 heavy (non-hydrogen) atoms. The molecule has 1 aliphatic heterocycles. The Balaban J connectivity index is 1.46. The molecule has 1 saturated heterocycles. The minimum Gasteiger partial charge on any atom is -0.480 e. The first-order valence-electron chi connectivity index (χ1n) is 10.2. The zero-order chi connectivity index (χ0) is 21.1. The predicted molar refractivity (Wildman–Crippen MR) is 115 cm³/mol. The molecule has 0 saturated carbocycles. The van der Waals surface area contributed by atoms with Gasteiger partial charge in [-0.15, -0.1) is 0 Å². The normalized spacial score (nSPS) is 15.9. The number of ether oxygens (including phenoxy) is 2. The van der Waals surface area contributed by atoms with Gasteiger partial charge in [-0.1, -0.05) is 18.2 Å². The van der Waals surface area contributed by atoms with Crippen molar-refractivity contribution >= 4 is 27.6 Å². The number of nitrogens with one attached hydrogen (secondary N) is 1. The fourth-order valence-corrected chi connectivity index (χ4v) is 3.74. The molecule has 4 rings (SSSR count). The van der Waals surface area contributed by atoms with Crippen LogP contribution < -0.4 is 15.7 Å². The topological polar surface area (TPSA) is 81.0 Å². The largest absolute Gasteiger partial charge is 0.480 e. The van der Waals surface area contributed by atoms with E-state index in [2.05, 4.69) is 10.2 Å². The highest BCUT2D eigenvalue weighted by Crippen LogP contribution is 2.31. The monoisotopic (exact) mass is 410 g/mol. The number of hydrogen-bond donors (Lipinski definition) is 1. The Morgan fingerprint density at radius 1 is 1.13 bits per heavy atom. The molecule has 0 aliphatic carbocycles. The zero-order valence-electron chi connectivity index (χ0n) is 17.3. The minimum absolute atomic E-state index is 0.178. The van der Waals surface area contributed by atoms with E-state index >= 15 is 0 Å². The van der Waals surface area contributed by atoms with Gasteiger partial charge in [-0.05, 0) is 37.4 Å². The summed E-state index contributed by atoms with van der Waals surface area (Å²) >= 11 is 0. The Kier molecular flexibility index (Phi) is 6.01. The van der Waals surface area contributed by atoms with E-state index < -0.39 is 6.10 Å². The first kappa shape index (κ1) is 20.4. The fourth-order valence-electron chi connectivity index (χ4n) is 3.74. The number of benzene rings is 2. The van der Waals surface area contributed by atoms with Crippen LogP contribution in [0.5, 0.6) is 5.75 Å². The summed E-state index contributed by atoms with van der Waals surface area (Å²) in [5.41, 5.74) is 0.798. The molecule has 1 aromatic heterocycles. The van der Waals surface area contributed by atoms with Crippen molar-refractivity contribution in [2.75, 3.05) is 39.4 Å². The van der Waals surface area contributed by atoms with Gasteiger partial charge < -0.3 is 19.2 Å². The molecular weight excluding hydrogens is 384 g/mol. The summed E-state index contributed by atoms with van der Waals surface area (Å²) < 4.78 is 16.8. The van der Waals surface area contributed by atoms with Gasteiger partial charge >= 0.3 is 5.63 Å².